The van der Waals surface area contributed by atoms with Gasteiger partial charge in [0.15, 0.2) is 0 Å². The third-order valence-corrected chi connectivity index (χ3v) is 7.61. The Bertz CT molecular complexity index is 1340. The molecule has 0 saturated carbocycles. The molecule has 11 heteroatoms. The zero-order valence-corrected chi connectivity index (χ0v) is 21.2. The average molecular weight is 539 g/mol. The van der Waals surface area contributed by atoms with E-state index in [1.165, 1.54) is 19.2 Å². The van der Waals surface area contributed by atoms with Gasteiger partial charge in [0, 0.05) is 18.2 Å². The molecule has 3 rings (SSSR count). The summed E-state index contributed by atoms with van der Waals surface area (Å²) >= 11 is 0. The Labute approximate surface area is 212 Å². The largest absolute Gasteiger partial charge is 0.496 e. The lowest BCUT2D eigenvalue weighted by molar-refractivity contribution is -0.137. The van der Waals surface area contributed by atoms with Gasteiger partial charge in [0.05, 0.1) is 24.1 Å². The van der Waals surface area contributed by atoms with Crippen molar-refractivity contribution in [3.63, 3.8) is 0 Å². The van der Waals surface area contributed by atoms with Crippen LogP contribution in [0.3, 0.4) is 0 Å². The van der Waals surface area contributed by atoms with Crippen molar-refractivity contribution in [2.75, 3.05) is 13.7 Å². The van der Waals surface area contributed by atoms with Crippen LogP contribution in [0.2, 0.25) is 0 Å². The minimum absolute atomic E-state index is 0.0407. The van der Waals surface area contributed by atoms with Gasteiger partial charge in [0.25, 0.3) is 0 Å². The molecule has 0 saturated heterocycles. The summed E-state index contributed by atoms with van der Waals surface area (Å²) in [5.41, 5.74) is 0.880. The summed E-state index contributed by atoms with van der Waals surface area (Å²) in [7, 11) is -2.61. The molecule has 3 aromatic carbocycles. The molecule has 0 aliphatic carbocycles. The molecule has 0 bridgehead atoms. The van der Waals surface area contributed by atoms with Gasteiger partial charge < -0.3 is 10.1 Å². The zero-order chi connectivity index (χ0) is 27.4. The second kappa shape index (κ2) is 11.3. The van der Waals surface area contributed by atoms with E-state index in [0.717, 1.165) is 40.7 Å². The highest BCUT2D eigenvalue weighted by Gasteiger charge is 2.30. The highest BCUT2D eigenvalue weighted by Crippen LogP contribution is 2.34. The van der Waals surface area contributed by atoms with E-state index in [-0.39, 0.29) is 11.4 Å². The van der Waals surface area contributed by atoms with Crippen molar-refractivity contribution in [3.8, 4) is 16.9 Å². The molecule has 0 atom stereocenters. The van der Waals surface area contributed by atoms with Gasteiger partial charge in [-0.05, 0) is 73.5 Å². The maximum atomic E-state index is 13.2. The molecule has 0 radical (unpaired) electrons. The molecule has 1 N–H and O–H groups in total. The van der Waals surface area contributed by atoms with Crippen LogP contribution in [0.5, 0.6) is 5.75 Å². The quantitative estimate of drug-likeness (QED) is 0.379. The number of hydrogen-bond donors (Lipinski definition) is 1. The van der Waals surface area contributed by atoms with Crippen LogP contribution < -0.4 is 10.1 Å². The Morgan fingerprint density at radius 1 is 1.00 bits per heavy atom. The highest BCUT2D eigenvalue weighted by atomic mass is 32.2. The Morgan fingerprint density at radius 2 is 1.62 bits per heavy atom. The molecule has 0 fully saturated rings. The van der Waals surface area contributed by atoms with E-state index in [1.54, 1.807) is 32.0 Å². The average Bonchev–Trinajstić information content (AvgIpc) is 2.85. The van der Waals surface area contributed by atoms with Crippen LogP contribution in [-0.4, -0.2) is 38.3 Å². The Balaban J connectivity index is 1.75. The monoisotopic (exact) mass is 538 g/mol. The van der Waals surface area contributed by atoms with Crippen LogP contribution in [0.1, 0.15) is 25.0 Å². The van der Waals surface area contributed by atoms with Crippen molar-refractivity contribution < 1.29 is 35.5 Å². The maximum absolute atomic E-state index is 13.2. The van der Waals surface area contributed by atoms with Crippen LogP contribution in [0, 0.1) is 5.82 Å². The Hall–Kier alpha value is -3.44. The summed E-state index contributed by atoms with van der Waals surface area (Å²) in [6.45, 7) is 2.82. The predicted molar refractivity (Wildman–Crippen MR) is 131 cm³/mol. The number of alkyl halides is 3. The van der Waals surface area contributed by atoms with Gasteiger partial charge >= 0.3 is 6.18 Å². The van der Waals surface area contributed by atoms with Crippen LogP contribution in [0.25, 0.3) is 11.1 Å². The number of sulfonamides is 1. The van der Waals surface area contributed by atoms with Crippen LogP contribution in [0.4, 0.5) is 17.6 Å². The van der Waals surface area contributed by atoms with Crippen molar-refractivity contribution >= 4 is 15.9 Å². The molecule has 6 nitrogen and oxygen atoms in total. The van der Waals surface area contributed by atoms with Crippen LogP contribution in [-0.2, 0) is 27.5 Å². The predicted octanol–water partition coefficient (Wildman–Crippen LogP) is 5.24. The van der Waals surface area contributed by atoms with Gasteiger partial charge in [-0.3, -0.25) is 4.79 Å². The number of hydrogen-bond acceptors (Lipinski definition) is 4. The molecule has 0 aliphatic rings. The van der Waals surface area contributed by atoms with Crippen LogP contribution in [0.15, 0.2) is 71.6 Å². The van der Waals surface area contributed by atoms with E-state index in [2.05, 4.69) is 5.32 Å². The number of carbonyl (C=O) groups is 1. The van der Waals surface area contributed by atoms with Crippen molar-refractivity contribution in [1.29, 1.82) is 0 Å². The van der Waals surface area contributed by atoms with Gasteiger partial charge in [0.2, 0.25) is 15.9 Å². The summed E-state index contributed by atoms with van der Waals surface area (Å²) in [6, 6.07) is 13.4. The molecule has 0 aliphatic heterocycles. The number of amides is 1. The van der Waals surface area contributed by atoms with E-state index >= 15 is 0 Å². The molecule has 0 aromatic heterocycles. The van der Waals surface area contributed by atoms with Crippen molar-refractivity contribution in [3.05, 3.63) is 83.7 Å². The number of rotatable bonds is 9. The molecule has 0 unspecified atom stereocenters. The van der Waals surface area contributed by atoms with E-state index in [4.69, 9.17) is 4.74 Å². The fraction of sp³-hybridized carbons (Fsp3) is 0.269. The first-order valence-electron chi connectivity index (χ1n) is 11.2. The lowest BCUT2D eigenvalue weighted by Crippen LogP contribution is -2.44. The van der Waals surface area contributed by atoms with E-state index in [0.29, 0.717) is 22.4 Å². The standard InChI is InChI=1S/C26H26F4N2O4S/c1-17(2)32(37(34,35)22-11-9-21(27)10-12-22)16-25(33)31-15-18-4-13-24(36-3)23(14-18)19-5-7-20(8-6-19)26(28,29)30/h4-14,17H,15-16H2,1-3H3,(H,31,33). The van der Waals surface area contributed by atoms with Crippen molar-refractivity contribution in [1.82, 2.24) is 9.62 Å². The molecular weight excluding hydrogens is 512 g/mol. The first-order valence-corrected chi connectivity index (χ1v) is 12.7. The molecular formula is C26H26F4N2O4S. The van der Waals surface area contributed by atoms with Gasteiger partial charge in [-0.2, -0.15) is 17.5 Å². The summed E-state index contributed by atoms with van der Waals surface area (Å²) in [4.78, 5) is 12.5. The number of halogens is 4. The first kappa shape index (κ1) is 28.1. The summed E-state index contributed by atoms with van der Waals surface area (Å²) in [5.74, 6) is -0.708. The maximum Gasteiger partial charge on any atom is 0.416 e. The molecule has 198 valence electrons. The topological polar surface area (TPSA) is 75.7 Å². The smallest absolute Gasteiger partial charge is 0.416 e. The molecule has 37 heavy (non-hydrogen) atoms. The highest BCUT2D eigenvalue weighted by molar-refractivity contribution is 7.89. The Kier molecular flexibility index (Phi) is 8.60. The summed E-state index contributed by atoms with van der Waals surface area (Å²) < 4.78 is 84.3. The fourth-order valence-corrected chi connectivity index (χ4v) is 5.21. The van der Waals surface area contributed by atoms with Crippen molar-refractivity contribution in [2.45, 2.75) is 37.5 Å². The minimum atomic E-state index is -4.46. The lowest BCUT2D eigenvalue weighted by Gasteiger charge is -2.25. The molecule has 0 heterocycles. The van der Waals surface area contributed by atoms with Crippen LogP contribution >= 0.6 is 0 Å². The lowest BCUT2D eigenvalue weighted by atomic mass is 10.0. The van der Waals surface area contributed by atoms with Gasteiger partial charge in [-0.1, -0.05) is 18.2 Å². The summed E-state index contributed by atoms with van der Waals surface area (Å²) in [6.07, 6.45) is -4.46. The normalized spacial score (nSPS) is 12.1. The number of ether oxygens (including phenoxy) is 1. The van der Waals surface area contributed by atoms with E-state index < -0.39 is 46.1 Å². The molecule has 1 amide bonds. The second-order valence-electron chi connectivity index (χ2n) is 8.48. The number of nitrogens with one attached hydrogen (secondary N) is 1. The van der Waals surface area contributed by atoms with Crippen molar-refractivity contribution in [2.24, 2.45) is 0 Å². The molecule has 0 spiro atoms. The SMILES string of the molecule is COc1ccc(CNC(=O)CN(C(C)C)S(=O)(=O)c2ccc(F)cc2)cc1-c1ccc(C(F)(F)F)cc1. The van der Waals surface area contributed by atoms with Gasteiger partial charge in [-0.15, -0.1) is 0 Å². The third-order valence-electron chi connectivity index (χ3n) is 5.57. The number of nitrogens with zero attached hydrogens (tertiary/aromatic N) is 1. The molecule has 3 aromatic rings. The fourth-order valence-electron chi connectivity index (χ4n) is 3.61. The van der Waals surface area contributed by atoms with Gasteiger partial charge in [0.1, 0.15) is 11.6 Å². The Morgan fingerprint density at radius 3 is 2.16 bits per heavy atom. The number of benzene rings is 3. The van der Waals surface area contributed by atoms with E-state index in [9.17, 15) is 30.8 Å². The number of methoxy groups -OCH3 is 1. The number of carbonyl (C=O) groups excluding carboxylic acids is 1. The third kappa shape index (κ3) is 6.86. The minimum Gasteiger partial charge on any atom is -0.496 e. The zero-order valence-electron chi connectivity index (χ0n) is 20.3. The first-order chi connectivity index (χ1) is 17.3. The second-order valence-corrected chi connectivity index (χ2v) is 10.4. The van der Waals surface area contributed by atoms with E-state index in [1.807, 2.05) is 0 Å². The summed E-state index contributed by atoms with van der Waals surface area (Å²) in [5, 5.41) is 2.67. The van der Waals surface area contributed by atoms with Gasteiger partial charge in [-0.25, -0.2) is 12.8 Å².